The van der Waals surface area contributed by atoms with E-state index < -0.39 is 5.97 Å². The second kappa shape index (κ2) is 6.84. The fourth-order valence-corrected chi connectivity index (χ4v) is 2.67. The van der Waals surface area contributed by atoms with Crippen molar-refractivity contribution in [2.45, 2.75) is 33.2 Å². The van der Waals surface area contributed by atoms with Crippen molar-refractivity contribution in [1.29, 1.82) is 0 Å². The Hall–Kier alpha value is -1.42. The lowest BCUT2D eigenvalue weighted by Gasteiger charge is -2.30. The Bertz CT molecular complexity index is 489. The second-order valence-electron chi connectivity index (χ2n) is 5.48. The van der Waals surface area contributed by atoms with Crippen LogP contribution in [0.15, 0.2) is 12.1 Å². The number of rotatable bonds is 5. The summed E-state index contributed by atoms with van der Waals surface area (Å²) in [6, 6.07) is 3.51. The Labute approximate surface area is 125 Å². The first-order valence-corrected chi connectivity index (χ1v) is 7.05. The summed E-state index contributed by atoms with van der Waals surface area (Å²) in [5, 5.41) is 0.462. The molecule has 0 aliphatic carbocycles. The maximum Gasteiger partial charge on any atom is 0.340 e. The Morgan fingerprint density at radius 3 is 2.50 bits per heavy atom. The van der Waals surface area contributed by atoms with Crippen LogP contribution in [0.5, 0.6) is 0 Å². The highest BCUT2D eigenvalue weighted by molar-refractivity contribution is 6.34. The molecule has 0 heterocycles. The number of carbonyl (C=O) groups excluding carboxylic acids is 1. The summed E-state index contributed by atoms with van der Waals surface area (Å²) in [6.07, 6.45) is 0.998. The van der Waals surface area contributed by atoms with Crippen molar-refractivity contribution >= 4 is 28.9 Å². The third-order valence-electron chi connectivity index (χ3n) is 3.32. The quantitative estimate of drug-likeness (QED) is 0.667. The van der Waals surface area contributed by atoms with Crippen LogP contribution in [0.4, 0.5) is 11.4 Å². The van der Waals surface area contributed by atoms with Gasteiger partial charge in [-0.1, -0.05) is 25.4 Å². The van der Waals surface area contributed by atoms with E-state index in [0.717, 1.165) is 6.42 Å². The molecule has 1 aromatic carbocycles. The van der Waals surface area contributed by atoms with Crippen molar-refractivity contribution in [2.24, 2.45) is 5.92 Å². The monoisotopic (exact) mass is 298 g/mol. The van der Waals surface area contributed by atoms with Gasteiger partial charge in [0.1, 0.15) is 0 Å². The predicted octanol–water partition coefficient (Wildman–Crippen LogP) is 3.58. The van der Waals surface area contributed by atoms with Crippen molar-refractivity contribution in [1.82, 2.24) is 0 Å². The molecule has 0 fully saturated rings. The zero-order valence-corrected chi connectivity index (χ0v) is 13.5. The number of methoxy groups -OCH3 is 1. The maximum absolute atomic E-state index is 11.9. The van der Waals surface area contributed by atoms with Crippen LogP contribution in [0.2, 0.25) is 5.02 Å². The Balaban J connectivity index is 3.24. The van der Waals surface area contributed by atoms with Crippen molar-refractivity contribution in [2.75, 3.05) is 24.8 Å². The van der Waals surface area contributed by atoms with Crippen molar-refractivity contribution in [3.8, 4) is 0 Å². The van der Waals surface area contributed by atoms with E-state index in [1.165, 1.54) is 7.11 Å². The minimum atomic E-state index is -0.433. The normalized spacial score (nSPS) is 12.3. The molecular weight excluding hydrogens is 276 g/mol. The van der Waals surface area contributed by atoms with Gasteiger partial charge in [-0.05, 0) is 31.4 Å². The predicted molar refractivity (Wildman–Crippen MR) is 84.5 cm³/mol. The highest BCUT2D eigenvalue weighted by atomic mass is 35.5. The number of hydrogen-bond acceptors (Lipinski definition) is 4. The SMILES string of the molecule is COC(=O)c1cc(N)cc(Cl)c1N(C)C(C)CC(C)C. The number of ether oxygens (including phenoxy) is 1. The number of nitrogen functional groups attached to an aromatic ring is 1. The average molecular weight is 299 g/mol. The standard InChI is InChI=1S/C15H23ClN2O2/c1-9(2)6-10(3)18(4)14-12(15(19)20-5)7-11(17)8-13(14)16/h7-10H,6,17H2,1-5H3. The van der Waals surface area contributed by atoms with E-state index in [-0.39, 0.29) is 6.04 Å². The highest BCUT2D eigenvalue weighted by Crippen LogP contribution is 2.34. The molecule has 0 saturated carbocycles. The van der Waals surface area contributed by atoms with Gasteiger partial charge in [-0.3, -0.25) is 0 Å². The van der Waals surface area contributed by atoms with E-state index in [1.807, 2.05) is 11.9 Å². The maximum atomic E-state index is 11.9. The van der Waals surface area contributed by atoms with Crippen LogP contribution in [-0.2, 0) is 4.74 Å². The molecule has 1 atom stereocenters. The summed E-state index contributed by atoms with van der Waals surface area (Å²) < 4.78 is 4.82. The Morgan fingerprint density at radius 1 is 1.40 bits per heavy atom. The number of hydrogen-bond donors (Lipinski definition) is 1. The number of nitrogens with zero attached hydrogens (tertiary/aromatic N) is 1. The zero-order valence-electron chi connectivity index (χ0n) is 12.7. The molecule has 20 heavy (non-hydrogen) atoms. The van der Waals surface area contributed by atoms with Crippen LogP contribution in [0.1, 0.15) is 37.6 Å². The van der Waals surface area contributed by atoms with Gasteiger partial charge in [-0.15, -0.1) is 0 Å². The largest absolute Gasteiger partial charge is 0.465 e. The summed E-state index contributed by atoms with van der Waals surface area (Å²) >= 11 is 6.28. The van der Waals surface area contributed by atoms with E-state index in [9.17, 15) is 4.79 Å². The molecule has 0 spiro atoms. The molecule has 0 aliphatic rings. The van der Waals surface area contributed by atoms with E-state index in [1.54, 1.807) is 12.1 Å². The van der Waals surface area contributed by atoms with Crippen molar-refractivity contribution in [3.05, 3.63) is 22.7 Å². The first-order valence-electron chi connectivity index (χ1n) is 6.68. The lowest BCUT2D eigenvalue weighted by atomic mass is 10.0. The molecule has 1 rings (SSSR count). The molecule has 0 bridgehead atoms. The van der Waals surface area contributed by atoms with Crippen LogP contribution in [-0.4, -0.2) is 26.2 Å². The van der Waals surface area contributed by atoms with Gasteiger partial charge in [0.2, 0.25) is 0 Å². The summed E-state index contributed by atoms with van der Waals surface area (Å²) in [6.45, 7) is 6.43. The van der Waals surface area contributed by atoms with Gasteiger partial charge < -0.3 is 15.4 Å². The van der Waals surface area contributed by atoms with E-state index in [2.05, 4.69) is 20.8 Å². The molecule has 2 N–H and O–H groups in total. The lowest BCUT2D eigenvalue weighted by molar-refractivity contribution is 0.0601. The smallest absolute Gasteiger partial charge is 0.340 e. The molecule has 0 radical (unpaired) electrons. The Kier molecular flexibility index (Phi) is 5.69. The number of nitrogens with two attached hydrogens (primary N) is 1. The summed E-state index contributed by atoms with van der Waals surface area (Å²) in [7, 11) is 3.28. The van der Waals surface area contributed by atoms with Gasteiger partial charge in [0.25, 0.3) is 0 Å². The average Bonchev–Trinajstić information content (AvgIpc) is 2.35. The third kappa shape index (κ3) is 3.79. The molecule has 0 aliphatic heterocycles. The van der Waals surface area contributed by atoms with Gasteiger partial charge >= 0.3 is 5.97 Å². The molecule has 112 valence electrons. The van der Waals surface area contributed by atoms with E-state index in [0.29, 0.717) is 27.9 Å². The molecule has 0 saturated heterocycles. The van der Waals surface area contributed by atoms with Crippen LogP contribution in [0, 0.1) is 5.92 Å². The number of esters is 1. The van der Waals surface area contributed by atoms with Gasteiger partial charge in [0, 0.05) is 18.8 Å². The summed E-state index contributed by atoms with van der Waals surface area (Å²) in [5.74, 6) is 0.124. The minimum absolute atomic E-state index is 0.250. The third-order valence-corrected chi connectivity index (χ3v) is 3.61. The molecule has 0 amide bonds. The van der Waals surface area contributed by atoms with Crippen molar-refractivity contribution in [3.63, 3.8) is 0 Å². The molecule has 1 unspecified atom stereocenters. The minimum Gasteiger partial charge on any atom is -0.465 e. The van der Waals surface area contributed by atoms with Crippen LogP contribution < -0.4 is 10.6 Å². The van der Waals surface area contributed by atoms with Gasteiger partial charge in [0.15, 0.2) is 0 Å². The topological polar surface area (TPSA) is 55.6 Å². The molecule has 1 aromatic rings. The number of benzene rings is 1. The fraction of sp³-hybridized carbons (Fsp3) is 0.533. The van der Waals surface area contributed by atoms with Crippen LogP contribution in [0.3, 0.4) is 0 Å². The molecule has 5 heteroatoms. The Morgan fingerprint density at radius 2 is 2.00 bits per heavy atom. The van der Waals surface area contributed by atoms with Crippen LogP contribution in [0.25, 0.3) is 0 Å². The van der Waals surface area contributed by atoms with Gasteiger partial charge in [-0.2, -0.15) is 0 Å². The first kappa shape index (κ1) is 16.6. The number of halogens is 1. The van der Waals surface area contributed by atoms with Crippen LogP contribution >= 0.6 is 11.6 Å². The van der Waals surface area contributed by atoms with E-state index >= 15 is 0 Å². The van der Waals surface area contributed by atoms with E-state index in [4.69, 9.17) is 22.1 Å². The highest BCUT2D eigenvalue weighted by Gasteiger charge is 2.22. The number of carbonyl (C=O) groups is 1. The molecule has 4 nitrogen and oxygen atoms in total. The summed E-state index contributed by atoms with van der Waals surface area (Å²) in [5.41, 5.74) is 7.28. The zero-order chi connectivity index (χ0) is 15.4. The number of anilines is 2. The van der Waals surface area contributed by atoms with Crippen molar-refractivity contribution < 1.29 is 9.53 Å². The van der Waals surface area contributed by atoms with Gasteiger partial charge in [0.05, 0.1) is 23.4 Å². The fourth-order valence-electron chi connectivity index (χ4n) is 2.30. The summed E-state index contributed by atoms with van der Waals surface area (Å²) in [4.78, 5) is 13.9. The lowest BCUT2D eigenvalue weighted by Crippen LogP contribution is -2.31. The second-order valence-corrected chi connectivity index (χ2v) is 5.89. The van der Waals surface area contributed by atoms with Gasteiger partial charge in [-0.25, -0.2) is 4.79 Å². The molecular formula is C15H23ClN2O2. The molecule has 0 aromatic heterocycles. The first-order chi connectivity index (χ1) is 9.27.